The molecule has 124 valence electrons. The highest BCUT2D eigenvalue weighted by Crippen LogP contribution is 2.12. The normalized spacial score (nSPS) is 10.4. The van der Waals surface area contributed by atoms with Crippen LogP contribution in [0.25, 0.3) is 6.08 Å². The average molecular weight is 389 g/mol. The molecule has 0 aliphatic rings. The molecule has 2 rings (SSSR count). The zero-order valence-corrected chi connectivity index (χ0v) is 14.7. The molecule has 2 aromatic carbocycles. The molecule has 0 heterocycles. The Morgan fingerprint density at radius 1 is 1.04 bits per heavy atom. The Hall–Kier alpha value is -2.60. The topological polar surface area (TPSA) is 67.4 Å². The Labute approximate surface area is 148 Å². The molecule has 0 aromatic heterocycles. The van der Waals surface area contributed by atoms with Crippen LogP contribution >= 0.6 is 15.9 Å². The maximum atomic E-state index is 11.9. The van der Waals surface area contributed by atoms with Crippen LogP contribution in [0.5, 0.6) is 5.75 Å². The van der Waals surface area contributed by atoms with Crippen LogP contribution < -0.4 is 15.6 Å². The lowest BCUT2D eigenvalue weighted by Gasteiger charge is -2.06. The molecule has 0 spiro atoms. The van der Waals surface area contributed by atoms with Crippen LogP contribution in [-0.2, 0) is 4.79 Å². The Kier molecular flexibility index (Phi) is 6.57. The number of hydrazine groups is 1. The fourth-order valence-electron chi connectivity index (χ4n) is 1.85. The fraction of sp³-hybridized carbons (Fsp3) is 0.111. The van der Waals surface area contributed by atoms with Gasteiger partial charge in [0.25, 0.3) is 11.8 Å². The van der Waals surface area contributed by atoms with E-state index in [9.17, 15) is 9.59 Å². The van der Waals surface area contributed by atoms with Gasteiger partial charge in [0.2, 0.25) is 0 Å². The number of halogens is 1. The quantitative estimate of drug-likeness (QED) is 0.609. The molecule has 2 amide bonds. The van der Waals surface area contributed by atoms with Crippen molar-refractivity contribution in [3.63, 3.8) is 0 Å². The first-order valence-electron chi connectivity index (χ1n) is 7.35. The van der Waals surface area contributed by atoms with Crippen LogP contribution in [0.3, 0.4) is 0 Å². The maximum Gasteiger partial charge on any atom is 0.269 e. The molecule has 2 N–H and O–H groups in total. The van der Waals surface area contributed by atoms with Gasteiger partial charge in [-0.05, 0) is 55.0 Å². The summed E-state index contributed by atoms with van der Waals surface area (Å²) in [6.45, 7) is 2.45. The molecule has 6 heteroatoms. The monoisotopic (exact) mass is 388 g/mol. The van der Waals surface area contributed by atoms with Gasteiger partial charge in [0.1, 0.15) is 5.75 Å². The second-order valence-electron chi connectivity index (χ2n) is 4.79. The number of rotatable bonds is 5. The lowest BCUT2D eigenvalue weighted by atomic mass is 10.2. The molecular formula is C18H17BrN2O3. The number of nitrogens with one attached hydrogen (secondary N) is 2. The van der Waals surface area contributed by atoms with Crippen LogP contribution in [0.4, 0.5) is 0 Å². The van der Waals surface area contributed by atoms with Gasteiger partial charge in [0.05, 0.1) is 6.61 Å². The number of benzene rings is 2. The van der Waals surface area contributed by atoms with Gasteiger partial charge in [-0.2, -0.15) is 0 Å². The number of ether oxygens (including phenoxy) is 1. The lowest BCUT2D eigenvalue weighted by Crippen LogP contribution is -2.40. The van der Waals surface area contributed by atoms with Gasteiger partial charge in [-0.25, -0.2) is 0 Å². The van der Waals surface area contributed by atoms with Crippen molar-refractivity contribution in [1.82, 2.24) is 10.9 Å². The standard InChI is InChI=1S/C18H17BrN2O3/c1-2-24-16-10-6-14(7-11-16)18(23)21-20-17(22)12-5-13-3-8-15(19)9-4-13/h3-12H,2H2,1H3,(H,20,22)(H,21,23)/b12-5+. The summed E-state index contributed by atoms with van der Waals surface area (Å²) < 4.78 is 6.27. The summed E-state index contributed by atoms with van der Waals surface area (Å²) >= 11 is 3.34. The highest BCUT2D eigenvalue weighted by atomic mass is 79.9. The minimum atomic E-state index is -0.419. The van der Waals surface area contributed by atoms with E-state index >= 15 is 0 Å². The molecule has 24 heavy (non-hydrogen) atoms. The first kappa shape index (κ1) is 17.7. The molecular weight excluding hydrogens is 372 g/mol. The van der Waals surface area contributed by atoms with E-state index in [0.717, 1.165) is 10.0 Å². The predicted molar refractivity (Wildman–Crippen MR) is 96.4 cm³/mol. The molecule has 0 saturated heterocycles. The van der Waals surface area contributed by atoms with Crippen LogP contribution in [0, 0.1) is 0 Å². The summed E-state index contributed by atoms with van der Waals surface area (Å²) in [7, 11) is 0. The van der Waals surface area contributed by atoms with E-state index in [2.05, 4.69) is 26.8 Å². The van der Waals surface area contributed by atoms with Crippen molar-refractivity contribution < 1.29 is 14.3 Å². The van der Waals surface area contributed by atoms with Crippen molar-refractivity contribution in [3.8, 4) is 5.75 Å². The molecule has 0 bridgehead atoms. The van der Waals surface area contributed by atoms with Gasteiger partial charge in [-0.1, -0.05) is 28.1 Å². The number of hydrogen-bond donors (Lipinski definition) is 2. The first-order valence-corrected chi connectivity index (χ1v) is 8.14. The van der Waals surface area contributed by atoms with Crippen LogP contribution in [-0.4, -0.2) is 18.4 Å². The van der Waals surface area contributed by atoms with E-state index in [-0.39, 0.29) is 0 Å². The van der Waals surface area contributed by atoms with E-state index < -0.39 is 11.8 Å². The third kappa shape index (κ3) is 5.55. The van der Waals surface area contributed by atoms with Crippen LogP contribution in [0.1, 0.15) is 22.8 Å². The lowest BCUT2D eigenvalue weighted by molar-refractivity contribution is -0.117. The molecule has 0 atom stereocenters. The second-order valence-corrected chi connectivity index (χ2v) is 5.70. The highest BCUT2D eigenvalue weighted by molar-refractivity contribution is 9.10. The van der Waals surface area contributed by atoms with E-state index in [4.69, 9.17) is 4.74 Å². The van der Waals surface area contributed by atoms with Gasteiger partial charge < -0.3 is 4.74 Å². The third-order valence-electron chi connectivity index (χ3n) is 3.02. The van der Waals surface area contributed by atoms with E-state index in [1.165, 1.54) is 6.08 Å². The van der Waals surface area contributed by atoms with Gasteiger partial charge in [-0.3, -0.25) is 20.4 Å². The number of amides is 2. The van der Waals surface area contributed by atoms with Gasteiger partial charge in [0, 0.05) is 16.1 Å². The molecule has 0 radical (unpaired) electrons. The first-order chi connectivity index (χ1) is 11.6. The summed E-state index contributed by atoms with van der Waals surface area (Å²) in [5, 5.41) is 0. The zero-order valence-electron chi connectivity index (χ0n) is 13.1. The summed E-state index contributed by atoms with van der Waals surface area (Å²) in [5.41, 5.74) is 6.00. The van der Waals surface area contributed by atoms with Gasteiger partial charge in [-0.15, -0.1) is 0 Å². The van der Waals surface area contributed by atoms with Crippen LogP contribution in [0.15, 0.2) is 59.1 Å². The van der Waals surface area contributed by atoms with E-state index in [0.29, 0.717) is 17.9 Å². The van der Waals surface area contributed by atoms with Gasteiger partial charge >= 0.3 is 0 Å². The average Bonchev–Trinajstić information content (AvgIpc) is 2.60. The molecule has 0 aliphatic heterocycles. The largest absolute Gasteiger partial charge is 0.494 e. The maximum absolute atomic E-state index is 11.9. The Morgan fingerprint density at radius 2 is 1.71 bits per heavy atom. The molecule has 0 saturated carbocycles. The molecule has 5 nitrogen and oxygen atoms in total. The van der Waals surface area contributed by atoms with Crippen molar-refractivity contribution in [2.24, 2.45) is 0 Å². The predicted octanol–water partition coefficient (Wildman–Crippen LogP) is 3.32. The Balaban J connectivity index is 1.84. The van der Waals surface area contributed by atoms with Crippen molar-refractivity contribution in [2.75, 3.05) is 6.61 Å². The molecule has 0 fully saturated rings. The van der Waals surface area contributed by atoms with Crippen molar-refractivity contribution in [2.45, 2.75) is 6.92 Å². The minimum absolute atomic E-state index is 0.400. The highest BCUT2D eigenvalue weighted by Gasteiger charge is 2.06. The fourth-order valence-corrected chi connectivity index (χ4v) is 2.11. The minimum Gasteiger partial charge on any atom is -0.494 e. The second kappa shape index (κ2) is 8.88. The van der Waals surface area contributed by atoms with Crippen LogP contribution in [0.2, 0.25) is 0 Å². The van der Waals surface area contributed by atoms with E-state index in [1.54, 1.807) is 30.3 Å². The molecule has 2 aromatic rings. The molecule has 0 unspecified atom stereocenters. The van der Waals surface area contributed by atoms with Crippen molar-refractivity contribution in [1.29, 1.82) is 0 Å². The number of carbonyl (C=O) groups excluding carboxylic acids is 2. The summed E-state index contributed by atoms with van der Waals surface area (Å²) in [5.74, 6) is -0.129. The Bertz CT molecular complexity index is 725. The number of hydrogen-bond acceptors (Lipinski definition) is 3. The molecule has 0 aliphatic carbocycles. The van der Waals surface area contributed by atoms with Gasteiger partial charge in [0.15, 0.2) is 0 Å². The van der Waals surface area contributed by atoms with E-state index in [1.807, 2.05) is 31.2 Å². The Morgan fingerprint density at radius 3 is 2.33 bits per heavy atom. The smallest absolute Gasteiger partial charge is 0.269 e. The third-order valence-corrected chi connectivity index (χ3v) is 3.55. The summed E-state index contributed by atoms with van der Waals surface area (Å²) in [6, 6.07) is 14.2. The SMILES string of the molecule is CCOc1ccc(C(=O)NNC(=O)/C=C/c2ccc(Br)cc2)cc1. The zero-order chi connectivity index (χ0) is 17.4. The van der Waals surface area contributed by atoms with Crippen molar-refractivity contribution >= 4 is 33.8 Å². The van der Waals surface area contributed by atoms with Crippen molar-refractivity contribution in [3.05, 3.63) is 70.2 Å². The summed E-state index contributed by atoms with van der Waals surface area (Å²) in [6.07, 6.45) is 3.01. The number of carbonyl (C=O) groups is 2. The summed E-state index contributed by atoms with van der Waals surface area (Å²) in [4.78, 5) is 23.7.